The number of carbonyl (C=O) groups is 1. The normalized spacial score (nSPS) is 19.1. The van der Waals surface area contributed by atoms with E-state index in [1.165, 1.54) is 6.08 Å². The predicted octanol–water partition coefficient (Wildman–Crippen LogP) is 0.885. The third-order valence-electron chi connectivity index (χ3n) is 2.44. The van der Waals surface area contributed by atoms with Crippen LogP contribution in [0, 0.1) is 0 Å². The lowest BCUT2D eigenvalue weighted by Gasteiger charge is -2.11. The predicted molar refractivity (Wildman–Crippen MR) is 57.9 cm³/mol. The maximum atomic E-state index is 11.3. The van der Waals surface area contributed by atoms with Crippen LogP contribution in [0.25, 0.3) is 0 Å². The number of hydrogen-bond donors (Lipinski definition) is 2. The maximum absolute atomic E-state index is 11.3. The Kier molecular flexibility index (Phi) is 2.51. The van der Waals surface area contributed by atoms with Crippen molar-refractivity contribution >= 4 is 11.5 Å². The first-order valence-corrected chi connectivity index (χ1v) is 4.82. The zero-order valence-electron chi connectivity index (χ0n) is 8.45. The first-order chi connectivity index (χ1) is 7.24. The highest BCUT2D eigenvalue weighted by Gasteiger charge is 2.26. The van der Waals surface area contributed by atoms with Crippen molar-refractivity contribution in [1.82, 2.24) is 5.32 Å². The first kappa shape index (κ1) is 9.86. The van der Waals surface area contributed by atoms with Gasteiger partial charge >= 0.3 is 0 Å². The lowest BCUT2D eigenvalue weighted by Crippen LogP contribution is -2.16. The van der Waals surface area contributed by atoms with E-state index >= 15 is 0 Å². The van der Waals surface area contributed by atoms with Gasteiger partial charge in [0.2, 0.25) is 5.78 Å². The molecule has 15 heavy (non-hydrogen) atoms. The Morgan fingerprint density at radius 2 is 2.27 bits per heavy atom. The fraction of sp³-hybridized carbons (Fsp3) is 0.273. The molecule has 0 saturated carbocycles. The smallest absolute Gasteiger partial charge is 0.220 e. The summed E-state index contributed by atoms with van der Waals surface area (Å²) >= 11 is 0. The third-order valence-corrected chi connectivity index (χ3v) is 2.44. The van der Waals surface area contributed by atoms with Gasteiger partial charge in [-0.25, -0.2) is 0 Å². The molecule has 0 bridgehead atoms. The van der Waals surface area contributed by atoms with Crippen molar-refractivity contribution in [2.24, 2.45) is 4.99 Å². The lowest BCUT2D eigenvalue weighted by molar-refractivity contribution is -0.113. The van der Waals surface area contributed by atoms with Gasteiger partial charge in [0, 0.05) is 6.20 Å². The van der Waals surface area contributed by atoms with Gasteiger partial charge in [-0.1, -0.05) is 0 Å². The van der Waals surface area contributed by atoms with Crippen molar-refractivity contribution in [2.45, 2.75) is 6.42 Å². The molecule has 4 nitrogen and oxygen atoms in total. The molecule has 0 saturated heterocycles. The van der Waals surface area contributed by atoms with E-state index in [4.69, 9.17) is 0 Å². The first-order valence-electron chi connectivity index (χ1n) is 4.82. The van der Waals surface area contributed by atoms with Crippen LogP contribution in [0.1, 0.15) is 6.42 Å². The summed E-state index contributed by atoms with van der Waals surface area (Å²) in [6, 6.07) is 0. The fourth-order valence-electron chi connectivity index (χ4n) is 1.65. The van der Waals surface area contributed by atoms with Gasteiger partial charge in [-0.3, -0.25) is 9.79 Å². The molecule has 0 aromatic rings. The summed E-state index contributed by atoms with van der Waals surface area (Å²) in [4.78, 5) is 15.4. The number of rotatable bonds is 3. The van der Waals surface area contributed by atoms with E-state index in [1.54, 1.807) is 12.3 Å². The van der Waals surface area contributed by atoms with Crippen LogP contribution in [0.3, 0.4) is 0 Å². The molecular formula is C11H12N2O2. The Bertz CT molecular complexity index is 428. The second-order valence-electron chi connectivity index (χ2n) is 3.44. The van der Waals surface area contributed by atoms with Gasteiger partial charge in [0.1, 0.15) is 0 Å². The van der Waals surface area contributed by atoms with Crippen molar-refractivity contribution < 1.29 is 9.90 Å². The van der Waals surface area contributed by atoms with E-state index in [9.17, 15) is 9.90 Å². The second kappa shape index (κ2) is 3.82. The molecule has 0 aromatic heterocycles. The standard InChI is InChI=1S/C11H12N2O2/c1-12-5-4-7-6-13-8-2-3-9(14)11(15)10(7)8/h2-3,6,12,15H,4-5H2,1H3. The average molecular weight is 204 g/mol. The van der Waals surface area contributed by atoms with Gasteiger partial charge in [0.15, 0.2) is 5.76 Å². The average Bonchev–Trinajstić information content (AvgIpc) is 2.64. The number of nitrogens with one attached hydrogen (secondary N) is 1. The van der Waals surface area contributed by atoms with Crippen molar-refractivity contribution in [2.75, 3.05) is 13.6 Å². The van der Waals surface area contributed by atoms with Gasteiger partial charge in [-0.2, -0.15) is 0 Å². The Morgan fingerprint density at radius 3 is 3.00 bits per heavy atom. The molecule has 0 aromatic carbocycles. The van der Waals surface area contributed by atoms with Crippen molar-refractivity contribution in [3.05, 3.63) is 35.3 Å². The van der Waals surface area contributed by atoms with Crippen molar-refractivity contribution in [1.29, 1.82) is 0 Å². The molecule has 0 atom stereocenters. The van der Waals surface area contributed by atoms with Gasteiger partial charge in [-0.05, 0) is 37.7 Å². The molecule has 0 radical (unpaired) electrons. The zero-order chi connectivity index (χ0) is 10.8. The number of aliphatic hydroxyl groups excluding tert-OH is 1. The van der Waals surface area contributed by atoms with Gasteiger partial charge in [0.25, 0.3) is 0 Å². The van der Waals surface area contributed by atoms with E-state index in [0.717, 1.165) is 18.5 Å². The monoisotopic (exact) mass is 204 g/mol. The van der Waals surface area contributed by atoms with Crippen LogP contribution in [0.4, 0.5) is 0 Å². The Balaban J connectivity index is 2.28. The minimum absolute atomic E-state index is 0.184. The molecule has 0 unspecified atom stereocenters. The minimum atomic E-state index is -0.346. The van der Waals surface area contributed by atoms with Crippen LogP contribution in [0.5, 0.6) is 0 Å². The van der Waals surface area contributed by atoms with Crippen molar-refractivity contribution in [3.63, 3.8) is 0 Å². The molecule has 1 heterocycles. The summed E-state index contributed by atoms with van der Waals surface area (Å²) in [6.45, 7) is 0.795. The lowest BCUT2D eigenvalue weighted by atomic mass is 9.94. The largest absolute Gasteiger partial charge is 0.504 e. The van der Waals surface area contributed by atoms with Gasteiger partial charge < -0.3 is 10.4 Å². The highest BCUT2D eigenvalue weighted by atomic mass is 16.3. The number of nitrogens with zero attached hydrogens (tertiary/aromatic N) is 1. The van der Waals surface area contributed by atoms with E-state index < -0.39 is 0 Å². The molecule has 2 rings (SSSR count). The molecule has 2 aliphatic rings. The summed E-state index contributed by atoms with van der Waals surface area (Å²) in [5.41, 5.74) is 2.19. The molecule has 0 amide bonds. The Labute approximate surface area is 87.7 Å². The molecular weight excluding hydrogens is 192 g/mol. The highest BCUT2D eigenvalue weighted by molar-refractivity contribution is 6.24. The zero-order valence-corrected chi connectivity index (χ0v) is 8.45. The molecule has 1 aliphatic carbocycles. The van der Waals surface area contributed by atoms with Crippen LogP contribution in [-0.4, -0.2) is 30.2 Å². The molecule has 0 spiro atoms. The highest BCUT2D eigenvalue weighted by Crippen LogP contribution is 2.27. The van der Waals surface area contributed by atoms with Crippen LogP contribution < -0.4 is 5.32 Å². The summed E-state index contributed by atoms with van der Waals surface area (Å²) in [7, 11) is 1.86. The number of aliphatic hydroxyl groups is 1. The van der Waals surface area contributed by atoms with Crippen LogP contribution in [-0.2, 0) is 4.79 Å². The molecule has 2 N–H and O–H groups in total. The number of ketones is 1. The summed E-state index contributed by atoms with van der Waals surface area (Å²) in [5.74, 6) is -0.530. The van der Waals surface area contributed by atoms with E-state index in [2.05, 4.69) is 10.3 Å². The number of fused-ring (bicyclic) bond motifs is 1. The van der Waals surface area contributed by atoms with Crippen LogP contribution >= 0.6 is 0 Å². The Morgan fingerprint density at radius 1 is 1.47 bits per heavy atom. The van der Waals surface area contributed by atoms with E-state index in [0.29, 0.717) is 11.3 Å². The summed E-state index contributed by atoms with van der Waals surface area (Å²) < 4.78 is 0. The fourth-order valence-corrected chi connectivity index (χ4v) is 1.65. The number of allylic oxidation sites excluding steroid dienone is 3. The van der Waals surface area contributed by atoms with E-state index in [-0.39, 0.29) is 11.5 Å². The minimum Gasteiger partial charge on any atom is -0.504 e. The molecule has 0 fully saturated rings. The number of aliphatic imine (C=N–C) groups is 1. The summed E-state index contributed by atoms with van der Waals surface area (Å²) in [6.07, 6.45) is 5.44. The van der Waals surface area contributed by atoms with Gasteiger partial charge in [0.05, 0.1) is 11.3 Å². The third kappa shape index (κ3) is 1.64. The Hall–Kier alpha value is -1.68. The second-order valence-corrected chi connectivity index (χ2v) is 3.44. The van der Waals surface area contributed by atoms with Crippen molar-refractivity contribution in [3.8, 4) is 0 Å². The summed E-state index contributed by atoms with van der Waals surface area (Å²) in [5, 5.41) is 12.7. The maximum Gasteiger partial charge on any atom is 0.220 e. The van der Waals surface area contributed by atoms with E-state index in [1.807, 2.05) is 7.05 Å². The number of hydrogen-bond acceptors (Lipinski definition) is 4. The van der Waals surface area contributed by atoms with Crippen LogP contribution in [0.15, 0.2) is 40.2 Å². The van der Waals surface area contributed by atoms with Gasteiger partial charge in [-0.15, -0.1) is 0 Å². The quantitative estimate of drug-likeness (QED) is 0.671. The number of carbonyl (C=O) groups excluding carboxylic acids is 1. The SMILES string of the molecule is CNCCC1=CN=C2C=CC(=O)C(O)=C12. The van der Waals surface area contributed by atoms with Crippen LogP contribution in [0.2, 0.25) is 0 Å². The molecule has 4 heteroatoms. The molecule has 1 aliphatic heterocycles. The molecule has 78 valence electrons. The topological polar surface area (TPSA) is 61.7 Å².